The molecule has 0 saturated carbocycles. The van der Waals surface area contributed by atoms with E-state index in [0.29, 0.717) is 36.0 Å². The first-order valence-corrected chi connectivity index (χ1v) is 9.89. The van der Waals surface area contributed by atoms with Crippen LogP contribution in [0.1, 0.15) is 19.4 Å². The second-order valence-corrected chi connectivity index (χ2v) is 6.47. The van der Waals surface area contributed by atoms with Crippen molar-refractivity contribution >= 4 is 29.6 Å². The van der Waals surface area contributed by atoms with Gasteiger partial charge in [0, 0.05) is 6.07 Å². The molecule has 9 nitrogen and oxygen atoms in total. The molecule has 0 spiro atoms. The highest BCUT2D eigenvalue weighted by atomic mass is 16.5. The Hall–Kier alpha value is -4.32. The van der Waals surface area contributed by atoms with Gasteiger partial charge in [-0.15, -0.1) is 0 Å². The van der Waals surface area contributed by atoms with Crippen molar-refractivity contribution < 1.29 is 28.6 Å². The van der Waals surface area contributed by atoms with E-state index in [0.717, 1.165) is 4.90 Å². The average molecular weight is 435 g/mol. The van der Waals surface area contributed by atoms with E-state index in [1.165, 1.54) is 12.1 Å². The first-order valence-electron chi connectivity index (χ1n) is 9.89. The molecule has 32 heavy (non-hydrogen) atoms. The molecule has 2 aromatic carbocycles. The number of carbonyl (C=O) groups excluding carboxylic acids is 3. The van der Waals surface area contributed by atoms with Gasteiger partial charge in [0.1, 0.15) is 28.9 Å². The zero-order valence-electron chi connectivity index (χ0n) is 17.6. The molecule has 0 bridgehead atoms. The van der Waals surface area contributed by atoms with Gasteiger partial charge in [-0.1, -0.05) is 12.1 Å². The molecule has 0 unspecified atom stereocenters. The molecule has 1 heterocycles. The molecule has 2 aromatic rings. The molecule has 9 heteroatoms. The minimum Gasteiger partial charge on any atom is -0.494 e. The lowest BCUT2D eigenvalue weighted by molar-refractivity contribution is -0.122. The number of hydrogen-bond acceptors (Lipinski definition) is 7. The van der Waals surface area contributed by atoms with Crippen LogP contribution < -0.4 is 24.4 Å². The van der Waals surface area contributed by atoms with Crippen LogP contribution >= 0.6 is 0 Å². The number of benzene rings is 2. The molecule has 1 aliphatic heterocycles. The number of carbonyl (C=O) groups is 3. The van der Waals surface area contributed by atoms with Gasteiger partial charge in [0.25, 0.3) is 11.8 Å². The smallest absolute Gasteiger partial charge is 0.336 e. The predicted molar refractivity (Wildman–Crippen MR) is 115 cm³/mol. The fourth-order valence-corrected chi connectivity index (χ4v) is 3.02. The van der Waals surface area contributed by atoms with E-state index >= 15 is 0 Å². The number of amides is 4. The van der Waals surface area contributed by atoms with E-state index in [9.17, 15) is 14.4 Å². The quantitative estimate of drug-likeness (QED) is 0.500. The Bertz CT molecular complexity index is 1100. The summed E-state index contributed by atoms with van der Waals surface area (Å²) in [4.78, 5) is 39.1. The number of hydrogen-bond donors (Lipinski definition) is 1. The lowest BCUT2D eigenvalue weighted by Gasteiger charge is -2.28. The van der Waals surface area contributed by atoms with Crippen LogP contribution in [0.2, 0.25) is 0 Å². The van der Waals surface area contributed by atoms with Gasteiger partial charge in [0.05, 0.1) is 18.9 Å². The monoisotopic (exact) mass is 435 g/mol. The van der Waals surface area contributed by atoms with Crippen LogP contribution in [-0.2, 0) is 9.59 Å². The van der Waals surface area contributed by atoms with Crippen molar-refractivity contribution in [1.29, 1.82) is 5.26 Å². The van der Waals surface area contributed by atoms with Gasteiger partial charge < -0.3 is 14.2 Å². The van der Waals surface area contributed by atoms with E-state index in [2.05, 4.69) is 5.32 Å². The van der Waals surface area contributed by atoms with Crippen molar-refractivity contribution in [1.82, 2.24) is 5.32 Å². The van der Waals surface area contributed by atoms with Crippen LogP contribution in [0.4, 0.5) is 10.5 Å². The normalized spacial score (nSPS) is 14.7. The van der Waals surface area contributed by atoms with Gasteiger partial charge in [0.15, 0.2) is 6.61 Å². The molecule has 0 aromatic heterocycles. The third kappa shape index (κ3) is 4.87. The summed E-state index contributed by atoms with van der Waals surface area (Å²) in [6, 6.07) is 12.2. The van der Waals surface area contributed by atoms with Gasteiger partial charge in [0.2, 0.25) is 0 Å². The van der Waals surface area contributed by atoms with Crippen molar-refractivity contribution in [2.45, 2.75) is 13.8 Å². The van der Waals surface area contributed by atoms with Crippen LogP contribution in [-0.4, -0.2) is 37.7 Å². The van der Waals surface area contributed by atoms with E-state index in [-0.39, 0.29) is 17.9 Å². The maximum atomic E-state index is 13.2. The summed E-state index contributed by atoms with van der Waals surface area (Å²) >= 11 is 0. The highest BCUT2D eigenvalue weighted by molar-refractivity contribution is 6.39. The Kier molecular flexibility index (Phi) is 7.08. The van der Waals surface area contributed by atoms with Gasteiger partial charge >= 0.3 is 6.03 Å². The van der Waals surface area contributed by atoms with Gasteiger partial charge in [-0.25, -0.2) is 9.69 Å². The Balaban J connectivity index is 1.97. The Labute approximate surface area is 184 Å². The van der Waals surface area contributed by atoms with Crippen LogP contribution in [0, 0.1) is 11.3 Å². The highest BCUT2D eigenvalue weighted by Crippen LogP contribution is 2.35. The second kappa shape index (κ2) is 10.1. The van der Waals surface area contributed by atoms with Gasteiger partial charge in [-0.2, -0.15) is 5.26 Å². The Morgan fingerprint density at radius 3 is 2.31 bits per heavy atom. The second-order valence-electron chi connectivity index (χ2n) is 6.47. The van der Waals surface area contributed by atoms with Crippen LogP contribution in [0.5, 0.6) is 17.2 Å². The number of nitriles is 1. The third-order valence-electron chi connectivity index (χ3n) is 4.38. The van der Waals surface area contributed by atoms with E-state index in [1.54, 1.807) is 43.3 Å². The molecule has 0 aliphatic carbocycles. The molecule has 1 aliphatic rings. The van der Waals surface area contributed by atoms with Crippen molar-refractivity contribution in [3.8, 4) is 23.3 Å². The van der Waals surface area contributed by atoms with Crippen molar-refractivity contribution in [3.05, 3.63) is 53.6 Å². The minimum absolute atomic E-state index is 0.0959. The summed E-state index contributed by atoms with van der Waals surface area (Å²) in [6.07, 6.45) is 1.37. The maximum Gasteiger partial charge on any atom is 0.336 e. The van der Waals surface area contributed by atoms with E-state index in [1.807, 2.05) is 13.0 Å². The minimum atomic E-state index is -0.882. The number of urea groups is 1. The van der Waals surface area contributed by atoms with Crippen molar-refractivity contribution in [3.63, 3.8) is 0 Å². The number of anilines is 1. The Morgan fingerprint density at radius 1 is 0.969 bits per heavy atom. The first-order chi connectivity index (χ1) is 15.5. The highest BCUT2D eigenvalue weighted by Gasteiger charge is 2.38. The average Bonchev–Trinajstić information content (AvgIpc) is 2.78. The van der Waals surface area contributed by atoms with E-state index < -0.39 is 17.8 Å². The Morgan fingerprint density at radius 2 is 1.66 bits per heavy atom. The van der Waals surface area contributed by atoms with Crippen LogP contribution in [0.25, 0.3) is 6.08 Å². The van der Waals surface area contributed by atoms with Crippen LogP contribution in [0.3, 0.4) is 0 Å². The van der Waals surface area contributed by atoms with E-state index in [4.69, 9.17) is 19.5 Å². The lowest BCUT2D eigenvalue weighted by atomic mass is 10.1. The summed E-state index contributed by atoms with van der Waals surface area (Å²) in [6.45, 7) is 4.20. The molecule has 1 fully saturated rings. The zero-order valence-corrected chi connectivity index (χ0v) is 17.6. The van der Waals surface area contributed by atoms with Crippen molar-refractivity contribution in [2.24, 2.45) is 0 Å². The molecule has 164 valence electrons. The molecule has 0 atom stereocenters. The molecule has 3 rings (SSSR count). The number of nitrogens with one attached hydrogen (secondary N) is 1. The lowest BCUT2D eigenvalue weighted by Crippen LogP contribution is -2.54. The molecular weight excluding hydrogens is 414 g/mol. The fraction of sp³-hybridized carbons (Fsp3) is 0.217. The number of rotatable bonds is 8. The van der Waals surface area contributed by atoms with Gasteiger partial charge in [-0.3, -0.25) is 14.9 Å². The molecule has 1 saturated heterocycles. The zero-order chi connectivity index (χ0) is 23.1. The molecule has 1 N–H and O–H groups in total. The standard InChI is InChI=1S/C23H21N3O6/c1-3-30-17-9-10-20(31-4-2)19(14-17)26-22(28)18(21(27)25-23(26)29)13-15-5-7-16(8-6-15)32-12-11-24/h5-10,13-14H,3-4,12H2,1-2H3,(H,25,27,29)/b18-13-. The fourth-order valence-electron chi connectivity index (χ4n) is 3.02. The summed E-state index contributed by atoms with van der Waals surface area (Å²) in [5, 5.41) is 10.8. The SMILES string of the molecule is CCOc1ccc(OCC)c(N2C(=O)NC(=O)/C(=C/c3ccc(OCC#N)cc3)C2=O)c1. The van der Waals surface area contributed by atoms with Gasteiger partial charge in [-0.05, 0) is 49.8 Å². The summed E-state index contributed by atoms with van der Waals surface area (Å²) in [7, 11) is 0. The number of ether oxygens (including phenoxy) is 3. The number of nitrogens with zero attached hydrogens (tertiary/aromatic N) is 2. The van der Waals surface area contributed by atoms with Crippen LogP contribution in [0.15, 0.2) is 48.0 Å². The predicted octanol–water partition coefficient (Wildman–Crippen LogP) is 3.05. The largest absolute Gasteiger partial charge is 0.494 e. The number of barbiturate groups is 1. The molecule has 0 radical (unpaired) electrons. The number of imide groups is 2. The summed E-state index contributed by atoms with van der Waals surface area (Å²) in [5.41, 5.74) is 0.480. The summed E-state index contributed by atoms with van der Waals surface area (Å²) in [5.74, 6) is -0.383. The topological polar surface area (TPSA) is 118 Å². The van der Waals surface area contributed by atoms with Crippen molar-refractivity contribution in [2.75, 3.05) is 24.7 Å². The molecular formula is C23H21N3O6. The third-order valence-corrected chi connectivity index (χ3v) is 4.38. The maximum absolute atomic E-state index is 13.2. The first kappa shape index (κ1) is 22.4. The summed E-state index contributed by atoms with van der Waals surface area (Å²) < 4.78 is 16.3. The molecule has 4 amide bonds.